The Kier molecular flexibility index (Phi) is 5.96. The van der Waals surface area contributed by atoms with Gasteiger partial charge in [-0.2, -0.15) is 0 Å². The zero-order valence-electron chi connectivity index (χ0n) is 11.8. The fourth-order valence-corrected chi connectivity index (χ4v) is 2.12. The summed E-state index contributed by atoms with van der Waals surface area (Å²) >= 11 is 0. The van der Waals surface area contributed by atoms with Gasteiger partial charge in [0.15, 0.2) is 5.88 Å². The zero-order valence-corrected chi connectivity index (χ0v) is 11.8. The average molecular weight is 251 g/mol. The van der Waals surface area contributed by atoms with Crippen LogP contribution in [-0.2, 0) is 6.54 Å². The SMILES string of the molecule is CCCCCCCCn1c(O)cc(C)c(C)c1=O. The summed E-state index contributed by atoms with van der Waals surface area (Å²) in [5.41, 5.74) is 1.54. The van der Waals surface area contributed by atoms with Crippen molar-refractivity contribution in [3.05, 3.63) is 27.5 Å². The van der Waals surface area contributed by atoms with E-state index in [0.29, 0.717) is 6.54 Å². The lowest BCUT2D eigenvalue weighted by molar-refractivity contribution is 0.397. The molecule has 0 bridgehead atoms. The van der Waals surface area contributed by atoms with Crippen LogP contribution >= 0.6 is 0 Å². The van der Waals surface area contributed by atoms with Gasteiger partial charge in [0, 0.05) is 18.2 Å². The van der Waals surface area contributed by atoms with Crippen LogP contribution in [0.1, 0.15) is 56.6 Å². The van der Waals surface area contributed by atoms with E-state index in [-0.39, 0.29) is 11.4 Å². The third kappa shape index (κ3) is 3.90. The molecule has 0 aliphatic carbocycles. The molecule has 0 spiro atoms. The van der Waals surface area contributed by atoms with Gasteiger partial charge in [-0.15, -0.1) is 0 Å². The van der Waals surface area contributed by atoms with E-state index in [1.807, 2.05) is 13.8 Å². The molecule has 0 unspecified atom stereocenters. The van der Waals surface area contributed by atoms with Crippen LogP contribution < -0.4 is 5.56 Å². The van der Waals surface area contributed by atoms with Gasteiger partial charge in [0.1, 0.15) is 0 Å². The lowest BCUT2D eigenvalue weighted by atomic mass is 10.1. The van der Waals surface area contributed by atoms with Crippen LogP contribution in [0.3, 0.4) is 0 Å². The number of hydrogen-bond donors (Lipinski definition) is 1. The van der Waals surface area contributed by atoms with Gasteiger partial charge in [-0.05, 0) is 25.8 Å². The molecule has 0 aliphatic heterocycles. The minimum atomic E-state index is -0.0546. The highest BCUT2D eigenvalue weighted by molar-refractivity contribution is 5.27. The van der Waals surface area contributed by atoms with Gasteiger partial charge in [-0.3, -0.25) is 9.36 Å². The van der Waals surface area contributed by atoms with Crippen molar-refractivity contribution in [1.82, 2.24) is 4.57 Å². The summed E-state index contributed by atoms with van der Waals surface area (Å²) in [7, 11) is 0. The fraction of sp³-hybridized carbons (Fsp3) is 0.667. The number of aromatic hydroxyl groups is 1. The van der Waals surface area contributed by atoms with Crippen molar-refractivity contribution < 1.29 is 5.11 Å². The number of pyridine rings is 1. The van der Waals surface area contributed by atoms with E-state index >= 15 is 0 Å². The molecule has 0 aromatic carbocycles. The van der Waals surface area contributed by atoms with Crippen LogP contribution in [0.25, 0.3) is 0 Å². The standard InChI is InChI=1S/C15H25NO2/c1-4-5-6-7-8-9-10-16-14(17)11-12(2)13(3)15(16)18/h11,17H,4-10H2,1-3H3. The first-order valence-electron chi connectivity index (χ1n) is 6.98. The Balaban J connectivity index is 2.53. The highest BCUT2D eigenvalue weighted by atomic mass is 16.3. The molecule has 1 N–H and O–H groups in total. The Bertz CT molecular complexity index is 435. The fourth-order valence-electron chi connectivity index (χ4n) is 2.12. The van der Waals surface area contributed by atoms with Gasteiger partial charge in [-0.1, -0.05) is 39.0 Å². The maximum absolute atomic E-state index is 12.0. The normalized spacial score (nSPS) is 10.8. The first-order chi connectivity index (χ1) is 8.57. The van der Waals surface area contributed by atoms with Crippen LogP contribution in [-0.4, -0.2) is 9.67 Å². The monoisotopic (exact) mass is 251 g/mol. The predicted molar refractivity (Wildman–Crippen MR) is 75.2 cm³/mol. The smallest absolute Gasteiger partial charge is 0.256 e. The Hall–Kier alpha value is -1.25. The third-order valence-corrected chi connectivity index (χ3v) is 3.51. The van der Waals surface area contributed by atoms with Gasteiger partial charge in [0.05, 0.1) is 0 Å². The van der Waals surface area contributed by atoms with Gasteiger partial charge in [-0.25, -0.2) is 0 Å². The zero-order chi connectivity index (χ0) is 13.5. The van der Waals surface area contributed by atoms with E-state index in [2.05, 4.69) is 6.92 Å². The second kappa shape index (κ2) is 7.24. The van der Waals surface area contributed by atoms with Crippen molar-refractivity contribution in [3.63, 3.8) is 0 Å². The molecule has 3 heteroatoms. The van der Waals surface area contributed by atoms with Crippen molar-refractivity contribution in [2.45, 2.75) is 65.8 Å². The van der Waals surface area contributed by atoms with Crippen molar-refractivity contribution in [2.75, 3.05) is 0 Å². The van der Waals surface area contributed by atoms with Gasteiger partial charge in [0.2, 0.25) is 0 Å². The highest BCUT2D eigenvalue weighted by Crippen LogP contribution is 2.13. The summed E-state index contributed by atoms with van der Waals surface area (Å²) in [6.45, 7) is 6.49. The number of nitrogens with zero attached hydrogens (tertiary/aromatic N) is 1. The summed E-state index contributed by atoms with van der Waals surface area (Å²) in [5.74, 6) is 0.0941. The molecule has 1 rings (SSSR count). The van der Waals surface area contributed by atoms with E-state index in [1.165, 1.54) is 30.3 Å². The Morgan fingerprint density at radius 1 is 1.11 bits per heavy atom. The van der Waals surface area contributed by atoms with Crippen molar-refractivity contribution in [2.24, 2.45) is 0 Å². The summed E-state index contributed by atoms with van der Waals surface area (Å²) in [5, 5.41) is 9.80. The van der Waals surface area contributed by atoms with E-state index in [0.717, 1.165) is 24.0 Å². The maximum Gasteiger partial charge on any atom is 0.256 e. The third-order valence-electron chi connectivity index (χ3n) is 3.51. The first-order valence-corrected chi connectivity index (χ1v) is 6.98. The van der Waals surface area contributed by atoms with Gasteiger partial charge in [0.25, 0.3) is 5.56 Å². The van der Waals surface area contributed by atoms with Crippen molar-refractivity contribution in [1.29, 1.82) is 0 Å². The van der Waals surface area contributed by atoms with E-state index in [9.17, 15) is 9.90 Å². The van der Waals surface area contributed by atoms with E-state index < -0.39 is 0 Å². The Morgan fingerprint density at radius 2 is 1.72 bits per heavy atom. The molecule has 0 amide bonds. The molecule has 0 radical (unpaired) electrons. The molecular weight excluding hydrogens is 226 g/mol. The molecule has 0 saturated carbocycles. The molecule has 3 nitrogen and oxygen atoms in total. The molecule has 1 aromatic rings. The maximum atomic E-state index is 12.0. The molecule has 0 atom stereocenters. The minimum Gasteiger partial charge on any atom is -0.494 e. The van der Waals surface area contributed by atoms with Crippen LogP contribution in [0.2, 0.25) is 0 Å². The number of unbranched alkanes of at least 4 members (excludes halogenated alkanes) is 5. The lowest BCUT2D eigenvalue weighted by Crippen LogP contribution is -2.23. The second-order valence-corrected chi connectivity index (χ2v) is 5.04. The molecule has 102 valence electrons. The molecule has 0 fully saturated rings. The van der Waals surface area contributed by atoms with E-state index in [1.54, 1.807) is 6.07 Å². The molecular formula is C15H25NO2. The van der Waals surface area contributed by atoms with Crippen LogP contribution in [0.4, 0.5) is 0 Å². The lowest BCUT2D eigenvalue weighted by Gasteiger charge is -2.11. The molecule has 0 aliphatic rings. The number of rotatable bonds is 7. The van der Waals surface area contributed by atoms with Crippen molar-refractivity contribution >= 4 is 0 Å². The molecule has 1 aromatic heterocycles. The predicted octanol–water partition coefficient (Wildman–Crippen LogP) is 3.53. The van der Waals surface area contributed by atoms with Crippen LogP contribution in [0.5, 0.6) is 5.88 Å². The van der Waals surface area contributed by atoms with Gasteiger partial charge < -0.3 is 5.11 Å². The van der Waals surface area contributed by atoms with Gasteiger partial charge >= 0.3 is 0 Å². The largest absolute Gasteiger partial charge is 0.494 e. The summed E-state index contributed by atoms with van der Waals surface area (Å²) in [6, 6.07) is 1.67. The number of aromatic nitrogens is 1. The average Bonchev–Trinajstić information content (AvgIpc) is 2.34. The number of hydrogen-bond acceptors (Lipinski definition) is 2. The summed E-state index contributed by atoms with van der Waals surface area (Å²) in [4.78, 5) is 12.0. The summed E-state index contributed by atoms with van der Waals surface area (Å²) < 4.78 is 1.49. The van der Waals surface area contributed by atoms with E-state index in [4.69, 9.17) is 0 Å². The van der Waals surface area contributed by atoms with Crippen LogP contribution in [0.15, 0.2) is 10.9 Å². The Morgan fingerprint density at radius 3 is 2.39 bits per heavy atom. The summed E-state index contributed by atoms with van der Waals surface area (Å²) in [6.07, 6.45) is 7.10. The minimum absolute atomic E-state index is 0.0546. The molecule has 0 saturated heterocycles. The molecule has 1 heterocycles. The number of aryl methyl sites for hydroxylation is 1. The quantitative estimate of drug-likeness (QED) is 0.753. The topological polar surface area (TPSA) is 42.2 Å². The highest BCUT2D eigenvalue weighted by Gasteiger charge is 2.07. The molecule has 18 heavy (non-hydrogen) atoms. The second-order valence-electron chi connectivity index (χ2n) is 5.04. The van der Waals surface area contributed by atoms with Crippen LogP contribution in [0, 0.1) is 13.8 Å². The first kappa shape index (κ1) is 14.8. The Labute approximate surface area is 109 Å². The van der Waals surface area contributed by atoms with Crippen molar-refractivity contribution in [3.8, 4) is 5.88 Å².